The van der Waals surface area contributed by atoms with E-state index in [0.717, 1.165) is 30.9 Å². The van der Waals surface area contributed by atoms with Gasteiger partial charge in [-0.3, -0.25) is 9.69 Å². The Bertz CT molecular complexity index is 365. The number of ether oxygens (including phenoxy) is 1. The van der Waals surface area contributed by atoms with E-state index in [9.17, 15) is 4.79 Å². The molecule has 0 radical (unpaired) electrons. The van der Waals surface area contributed by atoms with E-state index in [-0.39, 0.29) is 5.91 Å². The van der Waals surface area contributed by atoms with Crippen molar-refractivity contribution in [3.05, 3.63) is 24.3 Å². The summed E-state index contributed by atoms with van der Waals surface area (Å²) in [4.78, 5) is 12.8. The number of nitrogens with zero attached hydrogens (tertiary/aromatic N) is 1. The highest BCUT2D eigenvalue weighted by atomic mass is 16.5. The van der Waals surface area contributed by atoms with Crippen LogP contribution in [-0.4, -0.2) is 37.0 Å². The fourth-order valence-corrected chi connectivity index (χ4v) is 1.61. The highest BCUT2D eigenvalue weighted by Crippen LogP contribution is 2.13. The molecule has 0 atom stereocenters. The summed E-state index contributed by atoms with van der Waals surface area (Å²) in [7, 11) is 0. The lowest BCUT2D eigenvalue weighted by atomic mass is 10.3. The predicted molar refractivity (Wildman–Crippen MR) is 72.3 cm³/mol. The summed E-state index contributed by atoms with van der Waals surface area (Å²) in [5.41, 5.74) is 11.5. The lowest BCUT2D eigenvalue weighted by Crippen LogP contribution is -2.34. The number of hydrogen-bond donors (Lipinski definition) is 2. The van der Waals surface area contributed by atoms with E-state index in [4.69, 9.17) is 16.2 Å². The van der Waals surface area contributed by atoms with Crippen LogP contribution in [0.5, 0.6) is 5.75 Å². The molecule has 0 unspecified atom stereocenters. The van der Waals surface area contributed by atoms with Gasteiger partial charge in [0.2, 0.25) is 5.91 Å². The van der Waals surface area contributed by atoms with E-state index in [0.29, 0.717) is 13.2 Å². The third kappa shape index (κ3) is 5.54. The van der Waals surface area contributed by atoms with E-state index in [1.54, 1.807) is 12.1 Å². The molecule has 0 spiro atoms. The molecule has 0 saturated carbocycles. The summed E-state index contributed by atoms with van der Waals surface area (Å²) in [6.07, 6.45) is 0.853. The molecule has 18 heavy (non-hydrogen) atoms. The van der Waals surface area contributed by atoms with Crippen LogP contribution in [0.25, 0.3) is 0 Å². The number of benzene rings is 1. The first-order chi connectivity index (χ1) is 8.61. The Morgan fingerprint density at radius 2 is 2.00 bits per heavy atom. The lowest BCUT2D eigenvalue weighted by Gasteiger charge is -2.18. The van der Waals surface area contributed by atoms with Crippen LogP contribution in [-0.2, 0) is 4.79 Å². The van der Waals surface area contributed by atoms with Gasteiger partial charge in [0.05, 0.1) is 13.2 Å². The number of hydrogen-bond acceptors (Lipinski definition) is 4. The van der Waals surface area contributed by atoms with Crippen molar-refractivity contribution in [3.8, 4) is 5.75 Å². The van der Waals surface area contributed by atoms with Gasteiger partial charge in [-0.2, -0.15) is 0 Å². The second-order valence-electron chi connectivity index (χ2n) is 4.11. The minimum atomic E-state index is -0.295. The van der Waals surface area contributed by atoms with Crippen molar-refractivity contribution in [2.24, 2.45) is 5.73 Å². The third-order valence-electron chi connectivity index (χ3n) is 2.59. The third-order valence-corrected chi connectivity index (χ3v) is 2.59. The smallest absolute Gasteiger partial charge is 0.231 e. The standard InChI is InChI=1S/C13H21N3O2/c1-2-16(10-13(15)17)8-3-9-18-12-6-4-11(14)5-7-12/h4-7H,2-3,8-10,14H2,1H3,(H2,15,17). The molecule has 0 aliphatic heterocycles. The number of amides is 1. The summed E-state index contributed by atoms with van der Waals surface area (Å²) in [5, 5.41) is 0. The molecular weight excluding hydrogens is 230 g/mol. The normalized spacial score (nSPS) is 10.6. The van der Waals surface area contributed by atoms with Gasteiger partial charge in [0, 0.05) is 12.2 Å². The first-order valence-corrected chi connectivity index (χ1v) is 6.10. The van der Waals surface area contributed by atoms with Gasteiger partial charge in [0.25, 0.3) is 0 Å². The van der Waals surface area contributed by atoms with Crippen LogP contribution in [0.3, 0.4) is 0 Å². The largest absolute Gasteiger partial charge is 0.494 e. The molecular formula is C13H21N3O2. The molecule has 0 bridgehead atoms. The number of likely N-dealkylation sites (N-methyl/N-ethyl adjacent to an activating group) is 1. The van der Waals surface area contributed by atoms with E-state index >= 15 is 0 Å². The number of primary amides is 1. The van der Waals surface area contributed by atoms with E-state index < -0.39 is 0 Å². The molecule has 0 saturated heterocycles. The molecule has 1 rings (SSSR count). The predicted octanol–water partition coefficient (Wildman–Crippen LogP) is 0.845. The molecule has 4 N–H and O–H groups in total. The van der Waals surface area contributed by atoms with Crippen molar-refractivity contribution in [3.63, 3.8) is 0 Å². The molecule has 100 valence electrons. The van der Waals surface area contributed by atoms with Gasteiger partial charge in [0.1, 0.15) is 5.75 Å². The van der Waals surface area contributed by atoms with Gasteiger partial charge in [-0.25, -0.2) is 0 Å². The number of anilines is 1. The molecule has 0 aliphatic rings. The topological polar surface area (TPSA) is 81.6 Å². The first-order valence-electron chi connectivity index (χ1n) is 6.10. The lowest BCUT2D eigenvalue weighted by molar-refractivity contribution is -0.119. The zero-order valence-electron chi connectivity index (χ0n) is 10.8. The number of nitrogen functional groups attached to an aromatic ring is 1. The van der Waals surface area contributed by atoms with Crippen LogP contribution >= 0.6 is 0 Å². The van der Waals surface area contributed by atoms with E-state index in [2.05, 4.69) is 0 Å². The van der Waals surface area contributed by atoms with E-state index in [1.807, 2.05) is 24.0 Å². The number of nitrogens with two attached hydrogens (primary N) is 2. The minimum absolute atomic E-state index is 0.295. The molecule has 0 fully saturated rings. The maximum atomic E-state index is 10.8. The van der Waals surface area contributed by atoms with Gasteiger partial charge in [-0.15, -0.1) is 0 Å². The Labute approximate surface area is 108 Å². The van der Waals surface area contributed by atoms with Gasteiger partial charge in [-0.1, -0.05) is 6.92 Å². The van der Waals surface area contributed by atoms with Crippen LogP contribution in [0, 0.1) is 0 Å². The molecule has 5 heteroatoms. The molecule has 1 aromatic rings. The van der Waals surface area contributed by atoms with Crippen molar-refractivity contribution in [1.82, 2.24) is 4.90 Å². The van der Waals surface area contributed by atoms with Gasteiger partial charge in [-0.05, 0) is 37.2 Å². The van der Waals surface area contributed by atoms with Gasteiger partial charge in [0.15, 0.2) is 0 Å². The highest BCUT2D eigenvalue weighted by molar-refractivity contribution is 5.75. The average Bonchev–Trinajstić information content (AvgIpc) is 2.34. The van der Waals surface area contributed by atoms with Gasteiger partial charge < -0.3 is 16.2 Å². The quantitative estimate of drug-likeness (QED) is 0.530. The van der Waals surface area contributed by atoms with Crippen molar-refractivity contribution < 1.29 is 9.53 Å². The molecule has 1 amide bonds. The maximum Gasteiger partial charge on any atom is 0.231 e. The van der Waals surface area contributed by atoms with E-state index in [1.165, 1.54) is 0 Å². The summed E-state index contributed by atoms with van der Waals surface area (Å²) in [6.45, 7) is 4.53. The van der Waals surface area contributed by atoms with Crippen molar-refractivity contribution in [1.29, 1.82) is 0 Å². The number of rotatable bonds is 8. The first kappa shape index (κ1) is 14.3. The Morgan fingerprint density at radius 3 is 2.56 bits per heavy atom. The fraction of sp³-hybridized carbons (Fsp3) is 0.462. The molecule has 0 aliphatic carbocycles. The van der Waals surface area contributed by atoms with Crippen LogP contribution < -0.4 is 16.2 Å². The molecule has 5 nitrogen and oxygen atoms in total. The van der Waals surface area contributed by atoms with Crippen molar-refractivity contribution >= 4 is 11.6 Å². The summed E-state index contributed by atoms with van der Waals surface area (Å²) < 4.78 is 5.56. The Hall–Kier alpha value is -1.75. The fourth-order valence-electron chi connectivity index (χ4n) is 1.61. The molecule has 0 aromatic heterocycles. The second kappa shape index (κ2) is 7.55. The average molecular weight is 251 g/mol. The summed E-state index contributed by atoms with van der Waals surface area (Å²) >= 11 is 0. The maximum absolute atomic E-state index is 10.8. The molecule has 0 heterocycles. The minimum Gasteiger partial charge on any atom is -0.494 e. The number of carbonyl (C=O) groups excluding carboxylic acids is 1. The van der Waals surface area contributed by atoms with Gasteiger partial charge >= 0.3 is 0 Å². The summed E-state index contributed by atoms with van der Waals surface area (Å²) in [6, 6.07) is 7.30. The van der Waals surface area contributed by atoms with Crippen molar-refractivity contribution in [2.75, 3.05) is 32.0 Å². The Kier molecular flexibility index (Phi) is 6.00. The Morgan fingerprint density at radius 1 is 1.33 bits per heavy atom. The van der Waals surface area contributed by atoms with Crippen molar-refractivity contribution in [2.45, 2.75) is 13.3 Å². The number of carbonyl (C=O) groups is 1. The molecule has 1 aromatic carbocycles. The van der Waals surface area contributed by atoms with Crippen LogP contribution in [0.1, 0.15) is 13.3 Å². The monoisotopic (exact) mass is 251 g/mol. The Balaban J connectivity index is 2.21. The SMILES string of the molecule is CCN(CCCOc1ccc(N)cc1)CC(N)=O. The zero-order valence-corrected chi connectivity index (χ0v) is 10.8. The van der Waals surface area contributed by atoms with Crippen LogP contribution in [0.2, 0.25) is 0 Å². The van der Waals surface area contributed by atoms with Crippen LogP contribution in [0.4, 0.5) is 5.69 Å². The van der Waals surface area contributed by atoms with Crippen LogP contribution in [0.15, 0.2) is 24.3 Å². The summed E-state index contributed by atoms with van der Waals surface area (Å²) in [5.74, 6) is 0.512. The second-order valence-corrected chi connectivity index (χ2v) is 4.11. The zero-order chi connectivity index (χ0) is 13.4. The highest BCUT2D eigenvalue weighted by Gasteiger charge is 2.05.